The van der Waals surface area contributed by atoms with Crippen LogP contribution in [-0.4, -0.2) is 32.6 Å². The Kier molecular flexibility index (Phi) is 7.27. The van der Waals surface area contributed by atoms with Gasteiger partial charge in [-0.05, 0) is 89.6 Å². The molecular weight excluding hydrogens is 583 g/mol. The van der Waals surface area contributed by atoms with Crippen molar-refractivity contribution in [3.63, 3.8) is 0 Å². The lowest BCUT2D eigenvalue weighted by Crippen LogP contribution is -2.37. The maximum Gasteiger partial charge on any atom is 0.178 e. The molecule has 2 aliphatic heterocycles. The fourth-order valence-corrected chi connectivity index (χ4v) is 9.03. The molecule has 1 atom stereocenters. The second kappa shape index (κ2) is 11.4. The van der Waals surface area contributed by atoms with Crippen molar-refractivity contribution in [3.05, 3.63) is 130 Å². The monoisotopic (exact) mass is 623 g/mol. The third-order valence-electron chi connectivity index (χ3n) is 10.8. The number of benzene rings is 5. The SMILES string of the molecule is CCC1(CC)c2ccccc2-c2c1c1c(c3cc(SC)c(C)cc23)OC(c2ccccc2)(c2ccc(N3CCOCC3)cc2)C=C1. The van der Waals surface area contributed by atoms with E-state index in [2.05, 4.69) is 135 Å². The zero-order chi connectivity index (χ0) is 31.5. The van der Waals surface area contributed by atoms with Crippen molar-refractivity contribution in [2.75, 3.05) is 37.5 Å². The summed E-state index contributed by atoms with van der Waals surface area (Å²) in [6.07, 6.45) is 8.96. The first-order chi connectivity index (χ1) is 22.5. The third-order valence-corrected chi connectivity index (χ3v) is 11.7. The molecule has 5 aromatic rings. The molecule has 0 saturated carbocycles. The van der Waals surface area contributed by atoms with Crippen LogP contribution in [0.3, 0.4) is 0 Å². The predicted octanol–water partition coefficient (Wildman–Crippen LogP) is 10.1. The van der Waals surface area contributed by atoms with Gasteiger partial charge in [0.15, 0.2) is 5.60 Å². The Labute approximate surface area is 277 Å². The zero-order valence-electron chi connectivity index (χ0n) is 27.2. The van der Waals surface area contributed by atoms with Gasteiger partial charge >= 0.3 is 0 Å². The minimum atomic E-state index is -0.768. The summed E-state index contributed by atoms with van der Waals surface area (Å²) in [6.45, 7) is 10.3. The van der Waals surface area contributed by atoms with Crippen LogP contribution in [0.15, 0.2) is 102 Å². The number of rotatable bonds is 6. The van der Waals surface area contributed by atoms with E-state index in [4.69, 9.17) is 9.47 Å². The Morgan fingerprint density at radius 3 is 2.22 bits per heavy atom. The molecule has 0 radical (unpaired) electrons. The van der Waals surface area contributed by atoms with Gasteiger partial charge in [-0.3, -0.25) is 0 Å². The summed E-state index contributed by atoms with van der Waals surface area (Å²) in [6, 6.07) is 33.7. The van der Waals surface area contributed by atoms with Crippen molar-refractivity contribution >= 4 is 34.3 Å². The summed E-state index contributed by atoms with van der Waals surface area (Å²) >= 11 is 1.81. The second-order valence-corrected chi connectivity index (χ2v) is 13.7. The van der Waals surface area contributed by atoms with Gasteiger partial charge in [-0.1, -0.05) is 86.7 Å². The molecule has 4 heteroatoms. The van der Waals surface area contributed by atoms with Crippen molar-refractivity contribution in [2.45, 2.75) is 49.5 Å². The van der Waals surface area contributed by atoms with Gasteiger partial charge in [0.2, 0.25) is 0 Å². The van der Waals surface area contributed by atoms with Crippen LogP contribution in [0.5, 0.6) is 5.75 Å². The smallest absolute Gasteiger partial charge is 0.178 e. The van der Waals surface area contributed by atoms with E-state index in [0.29, 0.717) is 0 Å². The molecule has 232 valence electrons. The zero-order valence-corrected chi connectivity index (χ0v) is 28.0. The maximum absolute atomic E-state index is 7.61. The van der Waals surface area contributed by atoms with E-state index in [1.807, 2.05) is 11.8 Å². The summed E-state index contributed by atoms with van der Waals surface area (Å²) in [5.41, 5.74) is 10.8. The highest BCUT2D eigenvalue weighted by Crippen LogP contribution is 2.60. The number of aryl methyl sites for hydroxylation is 1. The fraction of sp³-hybridized carbons (Fsp3) is 0.286. The number of hydrogen-bond acceptors (Lipinski definition) is 4. The highest BCUT2D eigenvalue weighted by molar-refractivity contribution is 7.98. The quantitative estimate of drug-likeness (QED) is 0.176. The van der Waals surface area contributed by atoms with Crippen LogP contribution in [0.1, 0.15) is 60.1 Å². The molecule has 0 amide bonds. The summed E-state index contributed by atoms with van der Waals surface area (Å²) in [4.78, 5) is 3.70. The molecule has 5 aromatic carbocycles. The Hall–Kier alpha value is -3.99. The van der Waals surface area contributed by atoms with Gasteiger partial charge in [0.25, 0.3) is 0 Å². The molecule has 1 aliphatic carbocycles. The number of hydrogen-bond donors (Lipinski definition) is 0. The average Bonchev–Trinajstić information content (AvgIpc) is 3.43. The molecule has 0 spiro atoms. The van der Waals surface area contributed by atoms with Crippen LogP contribution in [0, 0.1) is 6.92 Å². The molecule has 1 unspecified atom stereocenters. The largest absolute Gasteiger partial charge is 0.472 e. The Balaban J connectivity index is 1.40. The van der Waals surface area contributed by atoms with E-state index in [-0.39, 0.29) is 5.41 Å². The molecule has 1 saturated heterocycles. The van der Waals surface area contributed by atoms with Gasteiger partial charge in [-0.25, -0.2) is 0 Å². The molecule has 0 aromatic heterocycles. The maximum atomic E-state index is 7.61. The number of thioether (sulfide) groups is 1. The van der Waals surface area contributed by atoms with Gasteiger partial charge < -0.3 is 14.4 Å². The summed E-state index contributed by atoms with van der Waals surface area (Å²) in [5, 5.41) is 2.48. The van der Waals surface area contributed by atoms with Crippen LogP contribution in [-0.2, 0) is 15.8 Å². The second-order valence-electron chi connectivity index (χ2n) is 12.9. The predicted molar refractivity (Wildman–Crippen MR) is 194 cm³/mol. The van der Waals surface area contributed by atoms with Crippen LogP contribution < -0.4 is 9.64 Å². The molecular formula is C42H41NO2S. The van der Waals surface area contributed by atoms with Crippen LogP contribution in [0.2, 0.25) is 0 Å². The third kappa shape index (κ3) is 4.23. The van der Waals surface area contributed by atoms with Gasteiger partial charge in [0.1, 0.15) is 5.75 Å². The molecule has 1 fully saturated rings. The van der Waals surface area contributed by atoms with Gasteiger partial charge in [-0.15, -0.1) is 11.8 Å². The molecule has 0 bridgehead atoms. The highest BCUT2D eigenvalue weighted by Gasteiger charge is 2.46. The van der Waals surface area contributed by atoms with Gasteiger partial charge in [0, 0.05) is 51.2 Å². The van der Waals surface area contributed by atoms with E-state index >= 15 is 0 Å². The molecule has 3 nitrogen and oxygen atoms in total. The molecule has 0 N–H and O–H groups in total. The molecule has 46 heavy (non-hydrogen) atoms. The highest BCUT2D eigenvalue weighted by atomic mass is 32.2. The lowest BCUT2D eigenvalue weighted by molar-refractivity contribution is 0.122. The lowest BCUT2D eigenvalue weighted by Gasteiger charge is -2.39. The number of morpholine rings is 1. The molecule has 8 rings (SSSR count). The number of nitrogens with zero attached hydrogens (tertiary/aromatic N) is 1. The Bertz CT molecular complexity index is 1970. The van der Waals surface area contributed by atoms with Crippen molar-refractivity contribution in [2.24, 2.45) is 0 Å². The van der Waals surface area contributed by atoms with Crippen molar-refractivity contribution in [1.82, 2.24) is 0 Å². The van der Waals surface area contributed by atoms with E-state index in [0.717, 1.165) is 56.0 Å². The summed E-state index contributed by atoms with van der Waals surface area (Å²) in [7, 11) is 0. The number of anilines is 1. The summed E-state index contributed by atoms with van der Waals surface area (Å²) in [5.74, 6) is 0.992. The van der Waals surface area contributed by atoms with E-state index < -0.39 is 5.60 Å². The van der Waals surface area contributed by atoms with Gasteiger partial charge in [-0.2, -0.15) is 0 Å². The topological polar surface area (TPSA) is 21.7 Å². The Morgan fingerprint density at radius 1 is 0.804 bits per heavy atom. The molecule has 2 heterocycles. The van der Waals surface area contributed by atoms with Crippen LogP contribution in [0.4, 0.5) is 5.69 Å². The summed E-state index contributed by atoms with van der Waals surface area (Å²) < 4.78 is 13.2. The van der Waals surface area contributed by atoms with Crippen molar-refractivity contribution < 1.29 is 9.47 Å². The average molecular weight is 624 g/mol. The fourth-order valence-electron chi connectivity index (χ4n) is 8.41. The van der Waals surface area contributed by atoms with Crippen LogP contribution in [0.25, 0.3) is 28.0 Å². The Morgan fingerprint density at radius 2 is 1.50 bits per heavy atom. The first-order valence-electron chi connectivity index (χ1n) is 16.7. The van der Waals surface area contributed by atoms with Crippen molar-refractivity contribution in [1.29, 1.82) is 0 Å². The van der Waals surface area contributed by atoms with E-state index in [1.165, 1.54) is 54.7 Å². The first kappa shape index (κ1) is 29.4. The van der Waals surface area contributed by atoms with Crippen molar-refractivity contribution in [3.8, 4) is 16.9 Å². The van der Waals surface area contributed by atoms with E-state index in [1.54, 1.807) is 0 Å². The number of fused-ring (bicyclic) bond motifs is 8. The number of ether oxygens (including phenoxy) is 2. The normalized spacial score (nSPS) is 19.4. The lowest BCUT2D eigenvalue weighted by atomic mass is 9.71. The van der Waals surface area contributed by atoms with Gasteiger partial charge in [0.05, 0.1) is 13.2 Å². The standard InChI is InChI=1S/C42H41NO2S/c1-5-41(6-2)36-15-11-10-14-32(36)38-34-26-28(3)37(46-4)27-35(34)40-33(39(38)41)20-21-42(45-40,29-12-8-7-9-13-29)30-16-18-31(19-17-30)43-22-24-44-25-23-43/h7-21,26-27H,5-6,22-25H2,1-4H3. The minimum absolute atomic E-state index is 0.0729. The molecule has 3 aliphatic rings. The first-order valence-corrected chi connectivity index (χ1v) is 17.9. The minimum Gasteiger partial charge on any atom is -0.472 e. The van der Waals surface area contributed by atoms with E-state index in [9.17, 15) is 0 Å². The van der Waals surface area contributed by atoms with Crippen LogP contribution >= 0.6 is 11.8 Å².